The average molecular weight is 285 g/mol. The maximum absolute atomic E-state index is 12.4. The molecule has 0 aromatic carbocycles. The smallest absolute Gasteiger partial charge is 0.260 e. The lowest BCUT2D eigenvalue weighted by atomic mass is 10.0. The molecule has 3 unspecified atom stereocenters. The van der Waals surface area contributed by atoms with E-state index < -0.39 is 16.1 Å². The fraction of sp³-hybridized carbons (Fsp3) is 0.583. The standard InChI is InChI=1S/C12H19N3O3S/c1-9-6-10(13)11(16)8-15(7-9)19(17,18)12-4-2-3-5-14-12/h2-5,9-11,16H,6-8,13H2,1H3. The fourth-order valence-electron chi connectivity index (χ4n) is 2.29. The minimum atomic E-state index is -3.67. The molecule has 1 aromatic heterocycles. The Balaban J connectivity index is 2.30. The number of pyridine rings is 1. The van der Waals surface area contributed by atoms with Crippen LogP contribution in [0.1, 0.15) is 13.3 Å². The summed E-state index contributed by atoms with van der Waals surface area (Å²) >= 11 is 0. The molecule has 0 radical (unpaired) electrons. The van der Waals surface area contributed by atoms with Crippen molar-refractivity contribution in [3.63, 3.8) is 0 Å². The van der Waals surface area contributed by atoms with Gasteiger partial charge in [-0.15, -0.1) is 0 Å². The van der Waals surface area contributed by atoms with Gasteiger partial charge in [0.15, 0.2) is 5.03 Å². The number of aliphatic hydroxyl groups is 1. The number of nitrogens with zero attached hydrogens (tertiary/aromatic N) is 2. The maximum Gasteiger partial charge on any atom is 0.260 e. The summed E-state index contributed by atoms with van der Waals surface area (Å²) in [5.41, 5.74) is 5.83. The third kappa shape index (κ3) is 3.11. The van der Waals surface area contributed by atoms with Gasteiger partial charge in [0, 0.05) is 25.3 Å². The van der Waals surface area contributed by atoms with E-state index in [1.165, 1.54) is 16.6 Å². The minimum Gasteiger partial charge on any atom is -0.390 e. The van der Waals surface area contributed by atoms with Gasteiger partial charge in [-0.05, 0) is 24.5 Å². The van der Waals surface area contributed by atoms with E-state index >= 15 is 0 Å². The van der Waals surface area contributed by atoms with Crippen LogP contribution in [0.15, 0.2) is 29.4 Å². The van der Waals surface area contributed by atoms with Crippen LogP contribution in [0.5, 0.6) is 0 Å². The van der Waals surface area contributed by atoms with Crippen molar-refractivity contribution in [3.8, 4) is 0 Å². The second kappa shape index (κ2) is 5.54. The Kier molecular flexibility index (Phi) is 4.19. The van der Waals surface area contributed by atoms with Gasteiger partial charge in [0.25, 0.3) is 10.0 Å². The van der Waals surface area contributed by atoms with E-state index in [1.807, 2.05) is 6.92 Å². The highest BCUT2D eigenvalue weighted by Crippen LogP contribution is 2.21. The molecule has 1 aliphatic rings. The normalized spacial score (nSPS) is 29.9. The highest BCUT2D eigenvalue weighted by molar-refractivity contribution is 7.89. The van der Waals surface area contributed by atoms with Gasteiger partial charge in [-0.25, -0.2) is 13.4 Å². The summed E-state index contributed by atoms with van der Waals surface area (Å²) in [5.74, 6) is 0.102. The molecule has 106 valence electrons. The van der Waals surface area contributed by atoms with Crippen LogP contribution in [0.2, 0.25) is 0 Å². The minimum absolute atomic E-state index is 0.00451. The van der Waals surface area contributed by atoms with Gasteiger partial charge in [0.2, 0.25) is 0 Å². The van der Waals surface area contributed by atoms with Crippen LogP contribution in [0, 0.1) is 5.92 Å². The maximum atomic E-state index is 12.4. The van der Waals surface area contributed by atoms with Crippen LogP contribution in [0.25, 0.3) is 0 Å². The van der Waals surface area contributed by atoms with Crippen LogP contribution in [-0.2, 0) is 10.0 Å². The zero-order valence-electron chi connectivity index (χ0n) is 10.8. The van der Waals surface area contributed by atoms with Gasteiger partial charge in [0.05, 0.1) is 6.10 Å². The lowest BCUT2D eigenvalue weighted by molar-refractivity contribution is 0.130. The molecule has 1 aromatic rings. The van der Waals surface area contributed by atoms with Crippen LogP contribution >= 0.6 is 0 Å². The van der Waals surface area contributed by atoms with E-state index in [1.54, 1.807) is 12.1 Å². The number of aliphatic hydroxyl groups excluding tert-OH is 1. The Morgan fingerprint density at radius 2 is 2.16 bits per heavy atom. The molecule has 6 nitrogen and oxygen atoms in total. The summed E-state index contributed by atoms with van der Waals surface area (Å²) < 4.78 is 26.2. The van der Waals surface area contributed by atoms with Crippen LogP contribution in [-0.4, -0.2) is 48.0 Å². The molecule has 0 saturated carbocycles. The molecule has 0 aliphatic carbocycles. The molecule has 3 atom stereocenters. The molecule has 0 bridgehead atoms. The van der Waals surface area contributed by atoms with E-state index in [-0.39, 0.29) is 23.5 Å². The van der Waals surface area contributed by atoms with E-state index in [4.69, 9.17) is 5.73 Å². The van der Waals surface area contributed by atoms with Crippen LogP contribution in [0.3, 0.4) is 0 Å². The van der Waals surface area contributed by atoms with Crippen LogP contribution in [0.4, 0.5) is 0 Å². The van der Waals surface area contributed by atoms with Crippen molar-refractivity contribution in [3.05, 3.63) is 24.4 Å². The number of nitrogens with two attached hydrogens (primary N) is 1. The third-order valence-corrected chi connectivity index (χ3v) is 5.06. The molecule has 7 heteroatoms. The first kappa shape index (κ1) is 14.4. The number of sulfonamides is 1. The average Bonchev–Trinajstić information content (AvgIpc) is 2.50. The molecule has 0 spiro atoms. The molecule has 2 rings (SSSR count). The fourth-order valence-corrected chi connectivity index (χ4v) is 3.80. The van der Waals surface area contributed by atoms with Gasteiger partial charge in [0.1, 0.15) is 0 Å². The summed E-state index contributed by atoms with van der Waals surface area (Å²) in [6, 6.07) is 4.36. The third-order valence-electron chi connectivity index (χ3n) is 3.32. The van der Waals surface area contributed by atoms with E-state index in [9.17, 15) is 13.5 Å². The van der Waals surface area contributed by atoms with Gasteiger partial charge in [-0.1, -0.05) is 13.0 Å². The van der Waals surface area contributed by atoms with Gasteiger partial charge in [-0.3, -0.25) is 0 Å². The highest BCUT2D eigenvalue weighted by Gasteiger charge is 2.34. The predicted molar refractivity (Wildman–Crippen MR) is 70.8 cm³/mol. The number of hydrogen-bond acceptors (Lipinski definition) is 5. The van der Waals surface area contributed by atoms with Crippen molar-refractivity contribution < 1.29 is 13.5 Å². The Hall–Kier alpha value is -1.02. The lowest BCUT2D eigenvalue weighted by Crippen LogP contribution is -2.42. The molecule has 3 N–H and O–H groups in total. The van der Waals surface area contributed by atoms with Crippen molar-refractivity contribution >= 4 is 10.0 Å². The number of hydrogen-bond donors (Lipinski definition) is 2. The molecular formula is C12H19N3O3S. The Labute approximate surface area is 113 Å². The Morgan fingerprint density at radius 1 is 1.42 bits per heavy atom. The Bertz CT molecular complexity index is 520. The van der Waals surface area contributed by atoms with Gasteiger partial charge in [-0.2, -0.15) is 4.31 Å². The first-order valence-corrected chi connectivity index (χ1v) is 7.70. The summed E-state index contributed by atoms with van der Waals surface area (Å²) in [7, 11) is -3.67. The molecule has 1 fully saturated rings. The topological polar surface area (TPSA) is 96.5 Å². The second-order valence-corrected chi connectivity index (χ2v) is 6.95. The zero-order chi connectivity index (χ0) is 14.0. The molecule has 0 amide bonds. The molecule has 1 aliphatic heterocycles. The summed E-state index contributed by atoms with van der Waals surface area (Å²) in [4.78, 5) is 3.88. The van der Waals surface area contributed by atoms with Crippen LogP contribution < -0.4 is 5.73 Å². The van der Waals surface area contributed by atoms with Crippen molar-refractivity contribution in [1.82, 2.24) is 9.29 Å². The van der Waals surface area contributed by atoms with E-state index in [2.05, 4.69) is 4.98 Å². The van der Waals surface area contributed by atoms with E-state index in [0.717, 1.165) is 0 Å². The Morgan fingerprint density at radius 3 is 2.79 bits per heavy atom. The number of rotatable bonds is 2. The first-order valence-electron chi connectivity index (χ1n) is 6.26. The van der Waals surface area contributed by atoms with Crippen molar-refractivity contribution in [2.75, 3.05) is 13.1 Å². The first-order chi connectivity index (χ1) is 8.91. The summed E-state index contributed by atoms with van der Waals surface area (Å²) in [6.45, 7) is 2.30. The largest absolute Gasteiger partial charge is 0.390 e. The highest BCUT2D eigenvalue weighted by atomic mass is 32.2. The zero-order valence-corrected chi connectivity index (χ0v) is 11.6. The summed E-state index contributed by atoms with van der Waals surface area (Å²) in [6.07, 6.45) is 1.20. The SMILES string of the molecule is CC1CC(N)C(O)CN(S(=O)(=O)c2ccccn2)C1. The van der Waals surface area contributed by atoms with Crippen molar-refractivity contribution in [2.24, 2.45) is 11.7 Å². The number of aromatic nitrogens is 1. The molecular weight excluding hydrogens is 266 g/mol. The molecule has 2 heterocycles. The van der Waals surface area contributed by atoms with Gasteiger partial charge >= 0.3 is 0 Å². The van der Waals surface area contributed by atoms with Crippen molar-refractivity contribution in [2.45, 2.75) is 30.5 Å². The van der Waals surface area contributed by atoms with E-state index in [0.29, 0.717) is 13.0 Å². The second-order valence-electron chi connectivity index (χ2n) is 5.06. The monoisotopic (exact) mass is 285 g/mol. The summed E-state index contributed by atoms with van der Waals surface area (Å²) in [5, 5.41) is 9.91. The lowest BCUT2D eigenvalue weighted by Gasteiger charge is -2.23. The predicted octanol–water partition coefficient (Wildman–Crippen LogP) is -0.200. The quantitative estimate of drug-likeness (QED) is 0.784. The van der Waals surface area contributed by atoms with Crippen molar-refractivity contribution in [1.29, 1.82) is 0 Å². The van der Waals surface area contributed by atoms with Gasteiger partial charge < -0.3 is 10.8 Å². The number of β-amino-alcohol motifs (C(OH)–C–C–N with tert-alkyl or cyclic N) is 1. The molecule has 1 saturated heterocycles. The molecule has 19 heavy (non-hydrogen) atoms.